The van der Waals surface area contributed by atoms with Gasteiger partial charge in [-0.25, -0.2) is 9.97 Å². The number of hydrogen-bond donors (Lipinski definition) is 1. The highest BCUT2D eigenvalue weighted by Gasteiger charge is 2.23. The van der Waals surface area contributed by atoms with E-state index in [0.717, 1.165) is 31.0 Å². The highest BCUT2D eigenvalue weighted by atomic mass is 16.3. The van der Waals surface area contributed by atoms with Gasteiger partial charge >= 0.3 is 0 Å². The Morgan fingerprint density at radius 3 is 3.09 bits per heavy atom. The molecule has 6 nitrogen and oxygen atoms in total. The summed E-state index contributed by atoms with van der Waals surface area (Å²) in [5.41, 5.74) is 1.23. The first-order valence-electron chi connectivity index (χ1n) is 8.03. The molecule has 0 spiro atoms. The third kappa shape index (κ3) is 3.88. The lowest BCUT2D eigenvalue weighted by Gasteiger charge is -2.30. The van der Waals surface area contributed by atoms with E-state index < -0.39 is 0 Å². The number of hydrogen-bond acceptors (Lipinski definition) is 5. The van der Waals surface area contributed by atoms with Gasteiger partial charge < -0.3 is 14.6 Å². The minimum atomic E-state index is -0.0110. The van der Waals surface area contributed by atoms with Crippen LogP contribution < -0.4 is 5.32 Å². The van der Waals surface area contributed by atoms with Crippen molar-refractivity contribution in [1.29, 1.82) is 0 Å². The van der Waals surface area contributed by atoms with Crippen LogP contribution in [0.25, 0.3) is 0 Å². The van der Waals surface area contributed by atoms with E-state index in [9.17, 15) is 4.79 Å². The molecule has 0 aromatic carbocycles. The zero-order valence-electron chi connectivity index (χ0n) is 13.6. The number of carbonyl (C=O) groups is 1. The maximum atomic E-state index is 12.7. The maximum Gasteiger partial charge on any atom is 0.272 e. The van der Waals surface area contributed by atoms with E-state index in [1.54, 1.807) is 12.3 Å². The van der Waals surface area contributed by atoms with Crippen molar-refractivity contribution in [2.45, 2.75) is 33.2 Å². The molecule has 1 atom stereocenters. The molecule has 0 aliphatic carbocycles. The van der Waals surface area contributed by atoms with Crippen LogP contribution in [-0.2, 0) is 6.54 Å². The summed E-state index contributed by atoms with van der Waals surface area (Å²) in [6.45, 7) is 6.15. The number of nitrogens with zero attached hydrogens (tertiary/aromatic N) is 3. The Labute approximate surface area is 135 Å². The first-order chi connectivity index (χ1) is 11.1. The van der Waals surface area contributed by atoms with Gasteiger partial charge in [0.1, 0.15) is 11.5 Å². The number of likely N-dealkylation sites (tertiary alicyclic amines) is 1. The predicted molar refractivity (Wildman–Crippen MR) is 87.1 cm³/mol. The molecule has 1 unspecified atom stereocenters. The van der Waals surface area contributed by atoms with Gasteiger partial charge in [-0.15, -0.1) is 0 Å². The molecule has 0 saturated carbocycles. The van der Waals surface area contributed by atoms with Crippen LogP contribution in [0.3, 0.4) is 0 Å². The SMILES string of the molecule is Cc1cc(C(=O)N2CCCC(C)C2)nc(NCc2ccco2)n1. The molecule has 2 aromatic heterocycles. The second-order valence-corrected chi connectivity index (χ2v) is 6.15. The molecule has 122 valence electrons. The van der Waals surface area contributed by atoms with Crippen LogP contribution in [0.2, 0.25) is 0 Å². The minimum absolute atomic E-state index is 0.0110. The summed E-state index contributed by atoms with van der Waals surface area (Å²) in [6, 6.07) is 5.46. The Morgan fingerprint density at radius 2 is 2.35 bits per heavy atom. The van der Waals surface area contributed by atoms with E-state index in [4.69, 9.17) is 4.42 Å². The smallest absolute Gasteiger partial charge is 0.272 e. The minimum Gasteiger partial charge on any atom is -0.467 e. The Morgan fingerprint density at radius 1 is 1.48 bits per heavy atom. The lowest BCUT2D eigenvalue weighted by molar-refractivity contribution is 0.0677. The zero-order valence-corrected chi connectivity index (χ0v) is 13.6. The van der Waals surface area contributed by atoms with Crippen LogP contribution in [0.5, 0.6) is 0 Å². The molecular formula is C17H22N4O2. The van der Waals surface area contributed by atoms with Gasteiger partial charge in [-0.3, -0.25) is 4.79 Å². The number of aromatic nitrogens is 2. The maximum absolute atomic E-state index is 12.7. The van der Waals surface area contributed by atoms with Gasteiger partial charge in [-0.05, 0) is 43.9 Å². The number of rotatable bonds is 4. The van der Waals surface area contributed by atoms with Gasteiger partial charge in [0.2, 0.25) is 5.95 Å². The van der Waals surface area contributed by atoms with Gasteiger partial charge in [0.05, 0.1) is 12.8 Å². The van der Waals surface area contributed by atoms with Gasteiger partial charge in [0.25, 0.3) is 5.91 Å². The summed E-state index contributed by atoms with van der Waals surface area (Å²) in [5, 5.41) is 3.11. The molecule has 2 aromatic rings. The van der Waals surface area contributed by atoms with Crippen LogP contribution in [-0.4, -0.2) is 33.9 Å². The van der Waals surface area contributed by atoms with Crippen LogP contribution >= 0.6 is 0 Å². The molecule has 3 heterocycles. The normalized spacial score (nSPS) is 18.0. The van der Waals surface area contributed by atoms with Crippen molar-refractivity contribution in [3.8, 4) is 0 Å². The first-order valence-corrected chi connectivity index (χ1v) is 8.03. The molecule has 1 aliphatic heterocycles. The first kappa shape index (κ1) is 15.5. The average molecular weight is 314 g/mol. The monoisotopic (exact) mass is 314 g/mol. The van der Waals surface area contributed by atoms with E-state index in [2.05, 4.69) is 22.2 Å². The van der Waals surface area contributed by atoms with Crippen molar-refractivity contribution in [2.75, 3.05) is 18.4 Å². The number of aryl methyl sites for hydroxylation is 1. The summed E-state index contributed by atoms with van der Waals surface area (Å²) in [4.78, 5) is 23.3. The van der Waals surface area contributed by atoms with Crippen molar-refractivity contribution in [3.63, 3.8) is 0 Å². The Bertz CT molecular complexity index is 669. The number of furan rings is 1. The molecule has 6 heteroatoms. The van der Waals surface area contributed by atoms with Crippen LogP contribution in [0.4, 0.5) is 5.95 Å². The van der Waals surface area contributed by atoms with Crippen molar-refractivity contribution < 1.29 is 9.21 Å². The fraction of sp³-hybridized carbons (Fsp3) is 0.471. The van der Waals surface area contributed by atoms with Crippen molar-refractivity contribution >= 4 is 11.9 Å². The molecule has 1 N–H and O–H groups in total. The fourth-order valence-electron chi connectivity index (χ4n) is 2.87. The third-order valence-corrected chi connectivity index (χ3v) is 4.02. The van der Waals surface area contributed by atoms with Crippen LogP contribution in [0, 0.1) is 12.8 Å². The fourth-order valence-corrected chi connectivity index (χ4v) is 2.87. The highest BCUT2D eigenvalue weighted by molar-refractivity contribution is 5.92. The highest BCUT2D eigenvalue weighted by Crippen LogP contribution is 2.18. The Hall–Kier alpha value is -2.37. The largest absolute Gasteiger partial charge is 0.467 e. The van der Waals surface area contributed by atoms with E-state index >= 15 is 0 Å². The van der Waals surface area contributed by atoms with Gasteiger partial charge in [-0.2, -0.15) is 0 Å². The van der Waals surface area contributed by atoms with E-state index in [-0.39, 0.29) is 5.91 Å². The molecule has 1 fully saturated rings. The van der Waals surface area contributed by atoms with Crippen molar-refractivity contribution in [1.82, 2.24) is 14.9 Å². The summed E-state index contributed by atoms with van der Waals surface area (Å²) in [6.07, 6.45) is 3.86. The van der Waals surface area contributed by atoms with Crippen LogP contribution in [0.1, 0.15) is 41.7 Å². The molecule has 1 aliphatic rings. The van der Waals surface area contributed by atoms with Crippen molar-refractivity contribution in [3.05, 3.63) is 41.6 Å². The number of carbonyl (C=O) groups excluding carboxylic acids is 1. The summed E-state index contributed by atoms with van der Waals surface area (Å²) >= 11 is 0. The molecule has 0 bridgehead atoms. The quantitative estimate of drug-likeness (QED) is 0.939. The second-order valence-electron chi connectivity index (χ2n) is 6.15. The Balaban J connectivity index is 1.72. The predicted octanol–water partition coefficient (Wildman–Crippen LogP) is 2.86. The molecular weight excluding hydrogens is 292 g/mol. The van der Waals surface area contributed by atoms with Crippen molar-refractivity contribution in [2.24, 2.45) is 5.92 Å². The number of amides is 1. The lowest BCUT2D eigenvalue weighted by Crippen LogP contribution is -2.39. The second kappa shape index (κ2) is 6.81. The summed E-state index contributed by atoms with van der Waals surface area (Å²) in [7, 11) is 0. The number of nitrogens with one attached hydrogen (secondary N) is 1. The molecule has 1 amide bonds. The number of anilines is 1. The summed E-state index contributed by atoms with van der Waals surface area (Å²) < 4.78 is 5.28. The van der Waals surface area contributed by atoms with E-state index in [0.29, 0.717) is 24.1 Å². The van der Waals surface area contributed by atoms with Gasteiger partial charge in [0, 0.05) is 18.8 Å². The Kier molecular flexibility index (Phi) is 4.60. The molecule has 3 rings (SSSR count). The lowest BCUT2D eigenvalue weighted by atomic mass is 10.00. The third-order valence-electron chi connectivity index (χ3n) is 4.02. The zero-order chi connectivity index (χ0) is 16.2. The number of piperidine rings is 1. The van der Waals surface area contributed by atoms with Gasteiger partial charge in [-0.1, -0.05) is 6.92 Å². The molecule has 1 saturated heterocycles. The molecule has 0 radical (unpaired) electrons. The van der Waals surface area contributed by atoms with Crippen LogP contribution in [0.15, 0.2) is 28.9 Å². The summed E-state index contributed by atoms with van der Waals surface area (Å²) in [5.74, 6) is 1.79. The molecule has 23 heavy (non-hydrogen) atoms. The topological polar surface area (TPSA) is 71.3 Å². The average Bonchev–Trinajstić information content (AvgIpc) is 3.05. The van der Waals surface area contributed by atoms with Gasteiger partial charge in [0.15, 0.2) is 0 Å². The van der Waals surface area contributed by atoms with E-state index in [1.165, 1.54) is 6.42 Å². The van der Waals surface area contributed by atoms with E-state index in [1.807, 2.05) is 24.0 Å². The standard InChI is InChI=1S/C17H22N4O2/c1-12-5-3-7-21(11-12)16(22)15-9-13(2)19-17(20-15)18-10-14-6-4-8-23-14/h4,6,8-9,12H,3,5,7,10-11H2,1-2H3,(H,18,19,20).